The molecular weight excluding hydrogens is 430 g/mol. The minimum absolute atomic E-state index is 0.0466. The van der Waals surface area contributed by atoms with Gasteiger partial charge in [0.1, 0.15) is 0 Å². The molecule has 0 radical (unpaired) electrons. The van der Waals surface area contributed by atoms with Crippen LogP contribution in [0.5, 0.6) is 0 Å². The van der Waals surface area contributed by atoms with Crippen molar-refractivity contribution in [2.24, 2.45) is 5.14 Å². The van der Waals surface area contributed by atoms with E-state index in [0.717, 1.165) is 17.7 Å². The summed E-state index contributed by atoms with van der Waals surface area (Å²) < 4.78 is 50.0. The van der Waals surface area contributed by atoms with Gasteiger partial charge >= 0.3 is 0 Å². The van der Waals surface area contributed by atoms with Crippen LogP contribution in [-0.2, 0) is 23.1 Å². The van der Waals surface area contributed by atoms with E-state index in [4.69, 9.17) is 17.4 Å². The lowest BCUT2D eigenvalue weighted by atomic mass is 10.2. The number of halogens is 2. The third kappa shape index (κ3) is 5.56. The number of aromatic nitrogens is 1. The molecule has 3 aromatic rings. The van der Waals surface area contributed by atoms with Gasteiger partial charge in [-0.3, -0.25) is 4.98 Å². The standard InChI is InChI=1S/C20H18F2N4O2S2/c21-18-6-1-15(11-19(18)22)13-26(16-2-4-17(5-3-16)30(23,27)28)20(29)25-12-14-7-9-24-10-8-14/h1-11H,12-13H2,(H,25,29)(H2,23,27,28). The van der Waals surface area contributed by atoms with Crippen molar-refractivity contribution in [3.05, 3.63) is 89.8 Å². The Morgan fingerprint density at radius 3 is 2.27 bits per heavy atom. The zero-order valence-electron chi connectivity index (χ0n) is 15.6. The predicted molar refractivity (Wildman–Crippen MR) is 114 cm³/mol. The van der Waals surface area contributed by atoms with Gasteiger partial charge in [-0.15, -0.1) is 0 Å². The Morgan fingerprint density at radius 2 is 1.67 bits per heavy atom. The van der Waals surface area contributed by atoms with Crippen molar-refractivity contribution < 1.29 is 17.2 Å². The molecule has 3 N–H and O–H groups in total. The Balaban J connectivity index is 1.87. The molecule has 156 valence electrons. The quantitative estimate of drug-likeness (QED) is 0.564. The van der Waals surface area contributed by atoms with Crippen LogP contribution in [0, 0.1) is 11.6 Å². The van der Waals surface area contributed by atoms with E-state index in [-0.39, 0.29) is 11.4 Å². The summed E-state index contributed by atoms with van der Waals surface area (Å²) in [5.74, 6) is -1.91. The maximum atomic E-state index is 13.7. The van der Waals surface area contributed by atoms with E-state index >= 15 is 0 Å². The molecule has 0 amide bonds. The van der Waals surface area contributed by atoms with E-state index in [1.54, 1.807) is 29.4 Å². The van der Waals surface area contributed by atoms with Gasteiger partial charge < -0.3 is 10.2 Å². The topological polar surface area (TPSA) is 88.3 Å². The second kappa shape index (κ2) is 9.24. The molecule has 0 unspecified atom stereocenters. The molecule has 0 saturated carbocycles. The largest absolute Gasteiger partial charge is 0.358 e. The number of anilines is 1. The van der Waals surface area contributed by atoms with Crippen molar-refractivity contribution >= 4 is 33.0 Å². The van der Waals surface area contributed by atoms with Gasteiger partial charge in [0.15, 0.2) is 16.7 Å². The highest BCUT2D eigenvalue weighted by atomic mass is 32.2. The molecule has 0 bridgehead atoms. The highest BCUT2D eigenvalue weighted by molar-refractivity contribution is 7.89. The summed E-state index contributed by atoms with van der Waals surface area (Å²) in [6.45, 7) is 0.555. The van der Waals surface area contributed by atoms with Gasteiger partial charge in [-0.25, -0.2) is 22.3 Å². The average Bonchev–Trinajstić information content (AvgIpc) is 2.73. The molecule has 0 spiro atoms. The highest BCUT2D eigenvalue weighted by Crippen LogP contribution is 2.21. The normalized spacial score (nSPS) is 11.2. The number of nitrogens with one attached hydrogen (secondary N) is 1. The second-order valence-electron chi connectivity index (χ2n) is 6.39. The van der Waals surface area contributed by atoms with E-state index in [9.17, 15) is 17.2 Å². The van der Waals surface area contributed by atoms with Gasteiger partial charge in [0, 0.05) is 24.6 Å². The summed E-state index contributed by atoms with van der Waals surface area (Å²) in [7, 11) is -3.85. The summed E-state index contributed by atoms with van der Waals surface area (Å²) in [6, 6.07) is 13.0. The molecule has 3 rings (SSSR count). The van der Waals surface area contributed by atoms with Gasteiger partial charge in [-0.1, -0.05) is 6.07 Å². The van der Waals surface area contributed by atoms with Gasteiger partial charge in [0.2, 0.25) is 10.0 Å². The third-order valence-corrected chi connectivity index (χ3v) is 5.53. The van der Waals surface area contributed by atoms with Crippen molar-refractivity contribution in [3.63, 3.8) is 0 Å². The number of pyridine rings is 1. The van der Waals surface area contributed by atoms with Crippen LogP contribution in [0.25, 0.3) is 0 Å². The van der Waals surface area contributed by atoms with Crippen molar-refractivity contribution in [2.75, 3.05) is 4.90 Å². The first-order chi connectivity index (χ1) is 14.2. The SMILES string of the molecule is NS(=O)(=O)c1ccc(N(Cc2ccc(F)c(F)c2)C(=S)NCc2ccncc2)cc1. The molecule has 10 heteroatoms. The predicted octanol–water partition coefficient (Wildman–Crippen LogP) is 3.09. The Kier molecular flexibility index (Phi) is 6.70. The molecule has 0 saturated heterocycles. The lowest BCUT2D eigenvalue weighted by molar-refractivity contribution is 0.507. The van der Waals surface area contributed by atoms with Crippen LogP contribution in [0.4, 0.5) is 14.5 Å². The van der Waals surface area contributed by atoms with Gasteiger partial charge in [-0.05, 0) is 71.9 Å². The maximum absolute atomic E-state index is 13.7. The first-order valence-corrected chi connectivity index (χ1v) is 10.7. The Bertz CT molecular complexity index is 1140. The number of benzene rings is 2. The summed E-state index contributed by atoms with van der Waals surface area (Å²) >= 11 is 5.51. The van der Waals surface area contributed by atoms with E-state index in [1.165, 1.54) is 18.2 Å². The number of hydrogen-bond donors (Lipinski definition) is 2. The minimum atomic E-state index is -3.85. The number of rotatable bonds is 6. The fourth-order valence-electron chi connectivity index (χ4n) is 2.69. The molecule has 0 fully saturated rings. The molecule has 30 heavy (non-hydrogen) atoms. The number of thiocarbonyl (C=S) groups is 1. The van der Waals surface area contributed by atoms with Crippen LogP contribution in [-0.4, -0.2) is 18.5 Å². The summed E-state index contributed by atoms with van der Waals surface area (Å²) in [5, 5.41) is 8.57. The van der Waals surface area contributed by atoms with Crippen LogP contribution in [0.2, 0.25) is 0 Å². The van der Waals surface area contributed by atoms with E-state index < -0.39 is 21.7 Å². The lowest BCUT2D eigenvalue weighted by Gasteiger charge is -2.26. The second-order valence-corrected chi connectivity index (χ2v) is 8.34. The van der Waals surface area contributed by atoms with Crippen LogP contribution in [0.3, 0.4) is 0 Å². The molecule has 2 aromatic carbocycles. The van der Waals surface area contributed by atoms with Crippen molar-refractivity contribution in [1.29, 1.82) is 0 Å². The molecule has 0 atom stereocenters. The zero-order chi connectivity index (χ0) is 21.7. The molecule has 0 aliphatic rings. The van der Waals surface area contributed by atoms with Gasteiger partial charge in [0.25, 0.3) is 0 Å². The molecule has 0 aliphatic heterocycles. The van der Waals surface area contributed by atoms with E-state index in [1.807, 2.05) is 12.1 Å². The third-order valence-electron chi connectivity index (χ3n) is 4.24. The van der Waals surface area contributed by atoms with Crippen molar-refractivity contribution in [1.82, 2.24) is 10.3 Å². The number of primary sulfonamides is 1. The first-order valence-electron chi connectivity index (χ1n) is 8.75. The Hall–Kier alpha value is -2.95. The monoisotopic (exact) mass is 448 g/mol. The number of hydrogen-bond acceptors (Lipinski definition) is 4. The lowest BCUT2D eigenvalue weighted by Crippen LogP contribution is -2.39. The highest BCUT2D eigenvalue weighted by Gasteiger charge is 2.16. The molecule has 0 aliphatic carbocycles. The molecular formula is C20H18F2N4O2S2. The molecule has 1 aromatic heterocycles. The van der Waals surface area contributed by atoms with E-state index in [0.29, 0.717) is 22.9 Å². The molecule has 6 nitrogen and oxygen atoms in total. The fraction of sp³-hybridized carbons (Fsp3) is 0.100. The number of sulfonamides is 1. The van der Waals surface area contributed by atoms with Crippen LogP contribution in [0.1, 0.15) is 11.1 Å². The van der Waals surface area contributed by atoms with Crippen LogP contribution in [0.15, 0.2) is 71.9 Å². The maximum Gasteiger partial charge on any atom is 0.238 e. The van der Waals surface area contributed by atoms with Gasteiger partial charge in [-0.2, -0.15) is 0 Å². The molecule has 1 heterocycles. The summed E-state index contributed by atoms with van der Waals surface area (Å²) in [5.41, 5.74) is 1.99. The van der Waals surface area contributed by atoms with Gasteiger partial charge in [0.05, 0.1) is 11.4 Å². The average molecular weight is 449 g/mol. The van der Waals surface area contributed by atoms with Crippen molar-refractivity contribution in [3.8, 4) is 0 Å². The minimum Gasteiger partial charge on any atom is -0.358 e. The Morgan fingerprint density at radius 1 is 1.00 bits per heavy atom. The van der Waals surface area contributed by atoms with Crippen LogP contribution >= 0.6 is 12.2 Å². The van der Waals surface area contributed by atoms with Crippen LogP contribution < -0.4 is 15.4 Å². The Labute approximate surface area is 178 Å². The fourth-order valence-corrected chi connectivity index (χ4v) is 3.45. The summed E-state index contributed by atoms with van der Waals surface area (Å²) in [6.07, 6.45) is 3.32. The number of nitrogens with two attached hydrogens (primary N) is 1. The first kappa shape index (κ1) is 21.8. The zero-order valence-corrected chi connectivity index (χ0v) is 17.3. The van der Waals surface area contributed by atoms with Crippen molar-refractivity contribution in [2.45, 2.75) is 18.0 Å². The van der Waals surface area contributed by atoms with E-state index in [2.05, 4.69) is 10.3 Å². The summed E-state index contributed by atoms with van der Waals surface area (Å²) in [4.78, 5) is 5.56. The smallest absolute Gasteiger partial charge is 0.238 e. The number of nitrogens with zero attached hydrogens (tertiary/aromatic N) is 2.